The highest BCUT2D eigenvalue weighted by Gasteiger charge is 2.07. The van der Waals surface area contributed by atoms with Gasteiger partial charge in [-0.1, -0.05) is 11.6 Å². The second-order valence-corrected chi connectivity index (χ2v) is 3.56. The Bertz CT molecular complexity index is 621. The molecule has 0 spiro atoms. The molecule has 2 heterocycles. The van der Waals surface area contributed by atoms with Crippen molar-refractivity contribution in [3.63, 3.8) is 0 Å². The second kappa shape index (κ2) is 4.34. The van der Waals surface area contributed by atoms with Crippen molar-refractivity contribution in [2.45, 2.75) is 0 Å². The fraction of sp³-hybridized carbons (Fsp3) is 0. The van der Waals surface area contributed by atoms with Crippen LogP contribution < -0.4 is 5.56 Å². The molecule has 0 saturated carbocycles. The van der Waals surface area contributed by atoms with Gasteiger partial charge < -0.3 is 5.11 Å². The zero-order chi connectivity index (χ0) is 12.4. The summed E-state index contributed by atoms with van der Waals surface area (Å²) in [6.07, 6.45) is 3.65. The van der Waals surface area contributed by atoms with Gasteiger partial charge in [0.2, 0.25) is 0 Å². The lowest BCUT2D eigenvalue weighted by atomic mass is 10.4. The van der Waals surface area contributed by atoms with Gasteiger partial charge in [-0.05, 0) is 6.07 Å². The zero-order valence-corrected chi connectivity index (χ0v) is 9.13. The Kier molecular flexibility index (Phi) is 2.88. The predicted molar refractivity (Wildman–Crippen MR) is 59.6 cm³/mol. The van der Waals surface area contributed by atoms with Crippen molar-refractivity contribution in [1.29, 1.82) is 0 Å². The standard InChI is InChI=1S/C10H6ClN3O3/c11-6-1-2-9(15)14(5-6)8-4-12-7(3-13-8)10(16)17/h1-5H,(H,16,17). The van der Waals surface area contributed by atoms with Crippen LogP contribution in [0.5, 0.6) is 0 Å². The van der Waals surface area contributed by atoms with Crippen LogP contribution in [-0.4, -0.2) is 25.6 Å². The van der Waals surface area contributed by atoms with Crippen LogP contribution in [0, 0.1) is 0 Å². The molecule has 7 heteroatoms. The van der Waals surface area contributed by atoms with E-state index in [-0.39, 0.29) is 17.1 Å². The lowest BCUT2D eigenvalue weighted by Crippen LogP contribution is -2.17. The first kappa shape index (κ1) is 11.3. The number of carboxylic acid groups (broad SMARTS) is 1. The van der Waals surface area contributed by atoms with E-state index in [9.17, 15) is 9.59 Å². The number of nitrogens with zero attached hydrogens (tertiary/aromatic N) is 3. The molecule has 0 aromatic carbocycles. The van der Waals surface area contributed by atoms with Crippen LogP contribution in [0.15, 0.2) is 35.5 Å². The summed E-state index contributed by atoms with van der Waals surface area (Å²) in [5.74, 6) is -0.968. The van der Waals surface area contributed by atoms with E-state index < -0.39 is 5.97 Å². The highest BCUT2D eigenvalue weighted by Crippen LogP contribution is 2.07. The average molecular weight is 252 g/mol. The molecule has 6 nitrogen and oxygen atoms in total. The summed E-state index contributed by atoms with van der Waals surface area (Å²) in [4.78, 5) is 29.6. The summed E-state index contributed by atoms with van der Waals surface area (Å²) in [6.45, 7) is 0. The summed E-state index contributed by atoms with van der Waals surface area (Å²) >= 11 is 5.75. The van der Waals surface area contributed by atoms with Crippen molar-refractivity contribution in [2.24, 2.45) is 0 Å². The number of carboxylic acids is 1. The molecule has 0 aliphatic rings. The highest BCUT2D eigenvalue weighted by atomic mass is 35.5. The largest absolute Gasteiger partial charge is 0.476 e. The van der Waals surface area contributed by atoms with Crippen molar-refractivity contribution >= 4 is 17.6 Å². The van der Waals surface area contributed by atoms with Gasteiger partial charge in [-0.25, -0.2) is 14.8 Å². The van der Waals surface area contributed by atoms with Crippen LogP contribution >= 0.6 is 11.6 Å². The Labute approximate surface area is 100 Å². The lowest BCUT2D eigenvalue weighted by Gasteiger charge is -2.04. The van der Waals surface area contributed by atoms with Crippen LogP contribution in [0.3, 0.4) is 0 Å². The number of hydrogen-bond acceptors (Lipinski definition) is 4. The zero-order valence-electron chi connectivity index (χ0n) is 8.37. The molecule has 0 atom stereocenters. The molecule has 1 N–H and O–H groups in total. The van der Waals surface area contributed by atoms with E-state index in [4.69, 9.17) is 16.7 Å². The number of halogens is 1. The molecule has 0 unspecified atom stereocenters. The number of aromatic nitrogens is 3. The number of carbonyl (C=O) groups is 1. The normalized spacial score (nSPS) is 10.2. The Morgan fingerprint density at radius 3 is 2.65 bits per heavy atom. The maximum absolute atomic E-state index is 11.5. The molecular formula is C10H6ClN3O3. The molecule has 2 rings (SSSR count). The van der Waals surface area contributed by atoms with Crippen molar-refractivity contribution in [2.75, 3.05) is 0 Å². The van der Waals surface area contributed by atoms with Gasteiger partial charge in [0.15, 0.2) is 11.5 Å². The summed E-state index contributed by atoms with van der Waals surface area (Å²) in [5.41, 5.74) is -0.518. The van der Waals surface area contributed by atoms with E-state index in [1.807, 2.05) is 0 Å². The first-order valence-electron chi connectivity index (χ1n) is 4.52. The molecule has 0 aliphatic carbocycles. The van der Waals surface area contributed by atoms with Gasteiger partial charge in [-0.2, -0.15) is 0 Å². The average Bonchev–Trinajstić information content (AvgIpc) is 2.32. The van der Waals surface area contributed by atoms with Gasteiger partial charge in [0.05, 0.1) is 17.4 Å². The Morgan fingerprint density at radius 1 is 1.29 bits per heavy atom. The summed E-state index contributed by atoms with van der Waals surface area (Å²) in [6, 6.07) is 2.74. The maximum atomic E-state index is 11.5. The number of aromatic carboxylic acids is 1. The third-order valence-corrected chi connectivity index (χ3v) is 2.20. The van der Waals surface area contributed by atoms with E-state index in [0.717, 1.165) is 6.20 Å². The summed E-state index contributed by atoms with van der Waals surface area (Å²) < 4.78 is 1.18. The monoisotopic (exact) mass is 251 g/mol. The molecule has 2 aromatic rings. The van der Waals surface area contributed by atoms with Gasteiger partial charge >= 0.3 is 5.97 Å². The molecule has 86 valence electrons. The van der Waals surface area contributed by atoms with Crippen LogP contribution in [-0.2, 0) is 0 Å². The molecule has 0 fully saturated rings. The predicted octanol–water partition coefficient (Wildman–Crippen LogP) is 0.979. The summed E-state index contributed by atoms with van der Waals surface area (Å²) in [5, 5.41) is 9.02. The highest BCUT2D eigenvalue weighted by molar-refractivity contribution is 6.30. The van der Waals surface area contributed by atoms with E-state index in [0.29, 0.717) is 5.02 Å². The van der Waals surface area contributed by atoms with Crippen molar-refractivity contribution < 1.29 is 9.90 Å². The first-order chi connectivity index (χ1) is 8.08. The molecule has 0 aliphatic heterocycles. The quantitative estimate of drug-likeness (QED) is 0.860. The van der Waals surface area contributed by atoms with Gasteiger partial charge in [0, 0.05) is 12.3 Å². The smallest absolute Gasteiger partial charge is 0.356 e. The fourth-order valence-electron chi connectivity index (χ4n) is 1.20. The second-order valence-electron chi connectivity index (χ2n) is 3.12. The van der Waals surface area contributed by atoms with E-state index in [1.165, 1.54) is 29.1 Å². The number of rotatable bonds is 2. The molecule has 0 saturated heterocycles. The minimum absolute atomic E-state index is 0.191. The molecule has 0 bridgehead atoms. The maximum Gasteiger partial charge on any atom is 0.356 e. The van der Waals surface area contributed by atoms with Gasteiger partial charge in [-0.15, -0.1) is 0 Å². The van der Waals surface area contributed by atoms with E-state index in [2.05, 4.69) is 9.97 Å². The molecule has 17 heavy (non-hydrogen) atoms. The third kappa shape index (κ3) is 2.31. The minimum atomic E-state index is -1.18. The van der Waals surface area contributed by atoms with Gasteiger partial charge in [-0.3, -0.25) is 9.36 Å². The third-order valence-electron chi connectivity index (χ3n) is 1.98. The van der Waals surface area contributed by atoms with Crippen molar-refractivity contribution in [3.8, 4) is 5.82 Å². The lowest BCUT2D eigenvalue weighted by molar-refractivity contribution is 0.0690. The topological polar surface area (TPSA) is 85.1 Å². The minimum Gasteiger partial charge on any atom is -0.476 e. The number of hydrogen-bond donors (Lipinski definition) is 1. The molecule has 0 amide bonds. The van der Waals surface area contributed by atoms with Crippen molar-refractivity contribution in [1.82, 2.24) is 14.5 Å². The van der Waals surface area contributed by atoms with Crippen LogP contribution in [0.4, 0.5) is 0 Å². The van der Waals surface area contributed by atoms with Crippen LogP contribution in [0.1, 0.15) is 10.5 Å². The Morgan fingerprint density at radius 2 is 2.06 bits per heavy atom. The van der Waals surface area contributed by atoms with E-state index >= 15 is 0 Å². The van der Waals surface area contributed by atoms with Gasteiger partial charge in [0.1, 0.15) is 0 Å². The van der Waals surface area contributed by atoms with E-state index in [1.54, 1.807) is 0 Å². The molecule has 2 aromatic heterocycles. The SMILES string of the molecule is O=C(O)c1cnc(-n2cc(Cl)ccc2=O)cn1. The Balaban J connectivity index is 2.50. The van der Waals surface area contributed by atoms with Crippen LogP contribution in [0.2, 0.25) is 5.02 Å². The number of pyridine rings is 1. The molecular weight excluding hydrogens is 246 g/mol. The summed E-state index contributed by atoms with van der Waals surface area (Å²) in [7, 11) is 0. The van der Waals surface area contributed by atoms with Crippen LogP contribution in [0.25, 0.3) is 5.82 Å². The first-order valence-corrected chi connectivity index (χ1v) is 4.89. The van der Waals surface area contributed by atoms with Gasteiger partial charge in [0.25, 0.3) is 5.56 Å². The molecule has 0 radical (unpaired) electrons. The Hall–Kier alpha value is -2.21. The van der Waals surface area contributed by atoms with Crippen molar-refractivity contribution in [3.05, 3.63) is 51.8 Å². The fourth-order valence-corrected chi connectivity index (χ4v) is 1.36.